The molecule has 5 nitrogen and oxygen atoms in total. The number of rotatable bonds is 2. The normalized spacial score (nSPS) is 8.82. The Morgan fingerprint density at radius 2 is 2.06 bits per heavy atom. The fourth-order valence-electron chi connectivity index (χ4n) is 0.985. The van der Waals surface area contributed by atoms with Gasteiger partial charge >= 0.3 is 11.9 Å². The molecule has 0 aromatic carbocycles. The van der Waals surface area contributed by atoms with Gasteiger partial charge in [-0.1, -0.05) is 5.92 Å². The smallest absolute Gasteiger partial charge is 0.339 e. The number of hydrogen-bond donors (Lipinski definition) is 0. The summed E-state index contributed by atoms with van der Waals surface area (Å²) < 4.78 is 8.96. The lowest BCUT2D eigenvalue weighted by atomic mass is 10.2. The number of methoxy groups -OCH3 is 2. The standard InChI is InChI=1S/C12H11NO4/c1-16-11(14)5-3-4-10-7-6-9(8-13-10)12(15)17-2/h6-8H,5H2,1-2H3. The number of aromatic nitrogens is 1. The molecule has 0 unspecified atom stereocenters. The molecular weight excluding hydrogens is 222 g/mol. The Hall–Kier alpha value is -2.35. The van der Waals surface area contributed by atoms with Gasteiger partial charge in [0.05, 0.1) is 19.8 Å². The Morgan fingerprint density at radius 3 is 2.59 bits per heavy atom. The maximum atomic E-state index is 11.1. The summed E-state index contributed by atoms with van der Waals surface area (Å²) in [4.78, 5) is 25.8. The summed E-state index contributed by atoms with van der Waals surface area (Å²) in [6.45, 7) is 0. The zero-order chi connectivity index (χ0) is 12.7. The van der Waals surface area contributed by atoms with Crippen molar-refractivity contribution in [1.29, 1.82) is 0 Å². The predicted molar refractivity (Wildman–Crippen MR) is 59.1 cm³/mol. The van der Waals surface area contributed by atoms with Gasteiger partial charge in [-0.05, 0) is 18.1 Å². The van der Waals surface area contributed by atoms with Crippen LogP contribution in [-0.4, -0.2) is 31.1 Å². The molecule has 0 bridgehead atoms. The van der Waals surface area contributed by atoms with Crippen molar-refractivity contribution in [2.45, 2.75) is 6.42 Å². The van der Waals surface area contributed by atoms with Crippen molar-refractivity contribution >= 4 is 11.9 Å². The van der Waals surface area contributed by atoms with E-state index in [4.69, 9.17) is 0 Å². The lowest BCUT2D eigenvalue weighted by molar-refractivity contribution is -0.139. The first-order valence-electron chi connectivity index (χ1n) is 4.77. The van der Waals surface area contributed by atoms with E-state index in [9.17, 15) is 9.59 Å². The van der Waals surface area contributed by atoms with Crippen LogP contribution in [0.15, 0.2) is 18.3 Å². The molecule has 0 N–H and O–H groups in total. The van der Waals surface area contributed by atoms with E-state index in [0.29, 0.717) is 11.3 Å². The third-order valence-electron chi connectivity index (χ3n) is 1.86. The minimum absolute atomic E-state index is 0.0108. The third-order valence-corrected chi connectivity index (χ3v) is 1.86. The zero-order valence-electron chi connectivity index (χ0n) is 9.52. The average Bonchev–Trinajstić information content (AvgIpc) is 2.38. The molecule has 0 aliphatic carbocycles. The second-order valence-electron chi connectivity index (χ2n) is 2.98. The van der Waals surface area contributed by atoms with Crippen molar-refractivity contribution in [1.82, 2.24) is 4.98 Å². The number of nitrogens with zero attached hydrogens (tertiary/aromatic N) is 1. The van der Waals surface area contributed by atoms with Crippen molar-refractivity contribution in [2.24, 2.45) is 0 Å². The predicted octanol–water partition coefficient (Wildman–Crippen LogP) is 0.783. The number of pyridine rings is 1. The molecule has 0 saturated heterocycles. The van der Waals surface area contributed by atoms with Crippen LogP contribution in [0.3, 0.4) is 0 Å². The molecule has 17 heavy (non-hydrogen) atoms. The quantitative estimate of drug-likeness (QED) is 0.558. The Kier molecular flexibility index (Phi) is 4.70. The van der Waals surface area contributed by atoms with Gasteiger partial charge in [-0.2, -0.15) is 0 Å². The number of esters is 2. The van der Waals surface area contributed by atoms with Gasteiger partial charge in [0.25, 0.3) is 0 Å². The zero-order valence-corrected chi connectivity index (χ0v) is 9.52. The van der Waals surface area contributed by atoms with E-state index in [0.717, 1.165) is 0 Å². The van der Waals surface area contributed by atoms with Gasteiger partial charge in [0, 0.05) is 6.20 Å². The van der Waals surface area contributed by atoms with Crippen LogP contribution in [0.1, 0.15) is 22.5 Å². The van der Waals surface area contributed by atoms with Gasteiger partial charge in [-0.3, -0.25) is 4.79 Å². The lowest BCUT2D eigenvalue weighted by Gasteiger charge is -1.97. The summed E-state index contributed by atoms with van der Waals surface area (Å²) in [7, 11) is 2.60. The minimum Gasteiger partial charge on any atom is -0.468 e. The van der Waals surface area contributed by atoms with Crippen LogP contribution in [0, 0.1) is 11.8 Å². The molecule has 0 aliphatic rings. The van der Waals surface area contributed by atoms with E-state index in [2.05, 4.69) is 26.3 Å². The highest BCUT2D eigenvalue weighted by Crippen LogP contribution is 2.00. The second kappa shape index (κ2) is 6.28. The minimum atomic E-state index is -0.452. The van der Waals surface area contributed by atoms with Gasteiger partial charge in [0.2, 0.25) is 0 Å². The molecule has 0 amide bonds. The number of ether oxygens (including phenoxy) is 2. The Bertz CT molecular complexity index is 468. The van der Waals surface area contributed by atoms with E-state index in [-0.39, 0.29) is 6.42 Å². The van der Waals surface area contributed by atoms with E-state index in [1.54, 1.807) is 12.1 Å². The van der Waals surface area contributed by atoms with Crippen LogP contribution in [0.2, 0.25) is 0 Å². The molecule has 1 heterocycles. The van der Waals surface area contributed by atoms with E-state index < -0.39 is 11.9 Å². The Morgan fingerprint density at radius 1 is 1.29 bits per heavy atom. The van der Waals surface area contributed by atoms with E-state index >= 15 is 0 Å². The van der Waals surface area contributed by atoms with Crippen molar-refractivity contribution < 1.29 is 19.1 Å². The topological polar surface area (TPSA) is 65.5 Å². The first-order chi connectivity index (χ1) is 8.17. The molecule has 0 radical (unpaired) electrons. The fourth-order valence-corrected chi connectivity index (χ4v) is 0.985. The second-order valence-corrected chi connectivity index (χ2v) is 2.98. The van der Waals surface area contributed by atoms with Crippen molar-refractivity contribution in [3.05, 3.63) is 29.6 Å². The molecule has 0 saturated carbocycles. The molecule has 0 atom stereocenters. The first-order valence-corrected chi connectivity index (χ1v) is 4.77. The monoisotopic (exact) mass is 233 g/mol. The van der Waals surface area contributed by atoms with Crippen molar-refractivity contribution in [3.63, 3.8) is 0 Å². The molecular formula is C12H11NO4. The largest absolute Gasteiger partial charge is 0.468 e. The van der Waals surface area contributed by atoms with Crippen LogP contribution in [0.5, 0.6) is 0 Å². The molecule has 5 heteroatoms. The van der Waals surface area contributed by atoms with Crippen LogP contribution >= 0.6 is 0 Å². The summed E-state index contributed by atoms with van der Waals surface area (Å²) >= 11 is 0. The molecule has 1 rings (SSSR count). The maximum Gasteiger partial charge on any atom is 0.339 e. The molecule has 88 valence electrons. The first kappa shape index (κ1) is 12.7. The summed E-state index contributed by atoms with van der Waals surface area (Å²) in [5.41, 5.74) is 0.826. The highest BCUT2D eigenvalue weighted by atomic mass is 16.5. The van der Waals surface area contributed by atoms with Gasteiger partial charge in [0.1, 0.15) is 12.1 Å². The van der Waals surface area contributed by atoms with E-state index in [1.165, 1.54) is 20.4 Å². The summed E-state index contributed by atoms with van der Waals surface area (Å²) in [5, 5.41) is 0. The third kappa shape index (κ3) is 3.95. The molecule has 1 aromatic heterocycles. The lowest BCUT2D eigenvalue weighted by Crippen LogP contribution is -2.01. The van der Waals surface area contributed by atoms with Crippen LogP contribution in [0.25, 0.3) is 0 Å². The van der Waals surface area contributed by atoms with Crippen LogP contribution < -0.4 is 0 Å². The summed E-state index contributed by atoms with van der Waals surface area (Å²) in [5.74, 6) is 4.44. The Balaban J connectivity index is 2.68. The Labute approximate surface area is 98.8 Å². The SMILES string of the molecule is COC(=O)CC#Cc1ccc(C(=O)OC)cn1. The number of hydrogen-bond acceptors (Lipinski definition) is 5. The van der Waals surface area contributed by atoms with Gasteiger partial charge in [0.15, 0.2) is 0 Å². The molecule has 0 spiro atoms. The van der Waals surface area contributed by atoms with Gasteiger partial charge in [-0.15, -0.1) is 0 Å². The van der Waals surface area contributed by atoms with Crippen LogP contribution in [0.4, 0.5) is 0 Å². The molecule has 1 aromatic rings. The molecule has 0 aliphatic heterocycles. The van der Waals surface area contributed by atoms with Crippen molar-refractivity contribution in [2.75, 3.05) is 14.2 Å². The van der Waals surface area contributed by atoms with Crippen LogP contribution in [-0.2, 0) is 14.3 Å². The summed E-state index contributed by atoms with van der Waals surface area (Å²) in [6, 6.07) is 3.14. The highest BCUT2D eigenvalue weighted by molar-refractivity contribution is 5.88. The highest BCUT2D eigenvalue weighted by Gasteiger charge is 2.04. The maximum absolute atomic E-state index is 11.1. The fraction of sp³-hybridized carbons (Fsp3) is 0.250. The van der Waals surface area contributed by atoms with Gasteiger partial charge in [-0.25, -0.2) is 9.78 Å². The molecule has 0 fully saturated rings. The number of carbonyl (C=O) groups is 2. The van der Waals surface area contributed by atoms with Crippen molar-refractivity contribution in [3.8, 4) is 11.8 Å². The van der Waals surface area contributed by atoms with Gasteiger partial charge < -0.3 is 9.47 Å². The summed E-state index contributed by atoms with van der Waals surface area (Å²) in [6.07, 6.45) is 1.38. The number of carbonyl (C=O) groups excluding carboxylic acids is 2. The average molecular weight is 233 g/mol. The van der Waals surface area contributed by atoms with E-state index in [1.807, 2.05) is 0 Å².